The summed E-state index contributed by atoms with van der Waals surface area (Å²) in [5.41, 5.74) is 4.64. The average molecular weight is 419 g/mol. The molecule has 5 nitrogen and oxygen atoms in total. The first-order valence-electron chi connectivity index (χ1n) is 10.4. The summed E-state index contributed by atoms with van der Waals surface area (Å²) < 4.78 is 7.72. The number of amidine groups is 1. The smallest absolute Gasteiger partial charge is 0.160 e. The van der Waals surface area contributed by atoms with E-state index in [9.17, 15) is 0 Å². The van der Waals surface area contributed by atoms with E-state index in [0.29, 0.717) is 6.04 Å². The number of aromatic nitrogens is 2. The predicted octanol–water partition coefficient (Wildman–Crippen LogP) is 5.17. The summed E-state index contributed by atoms with van der Waals surface area (Å²) >= 11 is 1.88. The van der Waals surface area contributed by atoms with Gasteiger partial charge in [0.25, 0.3) is 0 Å². The Morgan fingerprint density at radius 1 is 1.10 bits per heavy atom. The number of pyridine rings is 1. The molecule has 3 aromatic rings. The second-order valence-electron chi connectivity index (χ2n) is 7.77. The Hall–Kier alpha value is -2.73. The number of hydrogen-bond donors (Lipinski definition) is 0. The first kappa shape index (κ1) is 19.2. The quantitative estimate of drug-likeness (QED) is 0.573. The van der Waals surface area contributed by atoms with E-state index in [0.717, 1.165) is 34.5 Å². The molecule has 2 aliphatic rings. The van der Waals surface area contributed by atoms with Gasteiger partial charge >= 0.3 is 0 Å². The van der Waals surface area contributed by atoms with Crippen LogP contribution in [-0.2, 0) is 0 Å². The van der Waals surface area contributed by atoms with Crippen LogP contribution in [0.3, 0.4) is 0 Å². The van der Waals surface area contributed by atoms with E-state index in [-0.39, 0.29) is 12.1 Å². The largest absolute Gasteiger partial charge is 0.497 e. The summed E-state index contributed by atoms with van der Waals surface area (Å²) in [6.07, 6.45) is 2.98. The van der Waals surface area contributed by atoms with Crippen molar-refractivity contribution in [1.29, 1.82) is 0 Å². The van der Waals surface area contributed by atoms with E-state index in [4.69, 9.17) is 9.73 Å². The minimum atomic E-state index is -0.00523. The van der Waals surface area contributed by atoms with Crippen LogP contribution < -0.4 is 4.74 Å². The first-order chi connectivity index (χ1) is 14.7. The van der Waals surface area contributed by atoms with Gasteiger partial charge in [-0.1, -0.05) is 24.8 Å². The maximum Gasteiger partial charge on any atom is 0.160 e. The number of fused-ring (bicyclic) bond motifs is 1. The van der Waals surface area contributed by atoms with Gasteiger partial charge in [-0.05, 0) is 61.9 Å². The van der Waals surface area contributed by atoms with Crippen LogP contribution in [0.5, 0.6) is 5.75 Å². The zero-order valence-electron chi connectivity index (χ0n) is 17.5. The number of ether oxygens (including phenoxy) is 1. The summed E-state index contributed by atoms with van der Waals surface area (Å²) in [5, 5.41) is 1.16. The molecule has 5 rings (SSSR count). The highest BCUT2D eigenvalue weighted by Gasteiger charge is 2.46. The number of benzene rings is 1. The maximum atomic E-state index is 5.36. The van der Waals surface area contributed by atoms with Crippen LogP contribution in [0.25, 0.3) is 5.69 Å². The zero-order chi connectivity index (χ0) is 20.7. The van der Waals surface area contributed by atoms with Crippen LogP contribution in [0.4, 0.5) is 0 Å². The number of aryl methyl sites for hydroxylation is 1. The zero-order valence-corrected chi connectivity index (χ0v) is 18.3. The van der Waals surface area contributed by atoms with Gasteiger partial charge < -0.3 is 14.2 Å². The van der Waals surface area contributed by atoms with Crippen molar-refractivity contribution in [2.24, 2.45) is 4.99 Å². The molecule has 1 fully saturated rings. The van der Waals surface area contributed by atoms with Crippen LogP contribution in [0, 0.1) is 6.92 Å². The molecule has 0 aliphatic carbocycles. The van der Waals surface area contributed by atoms with Crippen LogP contribution >= 0.6 is 11.8 Å². The Morgan fingerprint density at radius 3 is 2.63 bits per heavy atom. The number of hydrogen-bond acceptors (Lipinski definition) is 5. The highest BCUT2D eigenvalue weighted by atomic mass is 32.2. The highest BCUT2D eigenvalue weighted by molar-refractivity contribution is 8.14. The molecule has 2 aliphatic heterocycles. The lowest BCUT2D eigenvalue weighted by Gasteiger charge is -2.32. The molecule has 6 heteroatoms. The van der Waals surface area contributed by atoms with Crippen LogP contribution in [-0.4, -0.2) is 38.5 Å². The molecule has 0 unspecified atom stereocenters. The molecule has 4 heterocycles. The van der Waals surface area contributed by atoms with Gasteiger partial charge in [0, 0.05) is 35.1 Å². The summed E-state index contributed by atoms with van der Waals surface area (Å²) in [6.45, 7) is 4.43. The Kier molecular flexibility index (Phi) is 5.03. The van der Waals surface area contributed by atoms with Crippen molar-refractivity contribution in [3.05, 3.63) is 77.9 Å². The molecular formula is C24H26N4OS. The van der Waals surface area contributed by atoms with Crippen molar-refractivity contribution >= 4 is 16.9 Å². The van der Waals surface area contributed by atoms with Crippen molar-refractivity contribution in [2.75, 3.05) is 12.9 Å². The van der Waals surface area contributed by atoms with Crippen molar-refractivity contribution in [1.82, 2.24) is 14.5 Å². The minimum Gasteiger partial charge on any atom is -0.497 e. The fraction of sp³-hybridized carbons (Fsp3) is 0.333. The number of thioether (sulfide) groups is 1. The monoisotopic (exact) mass is 418 g/mol. The second kappa shape index (κ2) is 7.84. The fourth-order valence-electron chi connectivity index (χ4n) is 4.54. The summed E-state index contributed by atoms with van der Waals surface area (Å²) in [5.74, 6) is 1.97. The van der Waals surface area contributed by atoms with Gasteiger partial charge in [0.2, 0.25) is 0 Å². The SMILES string of the molecule is CC[C@@H]1CSC2=N[C@@H](c3ccccn3)[C@@H](c3ccc(C)n3-c3ccc(OC)cc3)N21. The third-order valence-electron chi connectivity index (χ3n) is 6.07. The maximum absolute atomic E-state index is 5.36. The van der Waals surface area contributed by atoms with E-state index in [2.05, 4.69) is 64.7 Å². The van der Waals surface area contributed by atoms with Gasteiger partial charge in [-0.3, -0.25) is 9.98 Å². The van der Waals surface area contributed by atoms with E-state index < -0.39 is 0 Å². The van der Waals surface area contributed by atoms with E-state index in [1.54, 1.807) is 7.11 Å². The standard InChI is InChI=1S/C24H26N4OS/c1-4-17-15-30-24-26-22(20-7-5-6-14-25-20)23(28(17)24)21-13-8-16(2)27(21)18-9-11-19(29-3)12-10-18/h5-14,17,22-23H,4,15H2,1-3H3/t17-,22+,23-/m1/s1. The number of rotatable bonds is 5. The normalized spacial score (nSPS) is 22.8. The highest BCUT2D eigenvalue weighted by Crippen LogP contribution is 2.49. The molecule has 2 aromatic heterocycles. The van der Waals surface area contributed by atoms with Crippen LogP contribution in [0.2, 0.25) is 0 Å². The van der Waals surface area contributed by atoms with Gasteiger partial charge in [-0.25, -0.2) is 0 Å². The number of aliphatic imine (C=N–C) groups is 1. The molecule has 1 aromatic carbocycles. The molecule has 30 heavy (non-hydrogen) atoms. The molecular weight excluding hydrogens is 392 g/mol. The molecule has 0 radical (unpaired) electrons. The molecule has 0 bridgehead atoms. The van der Waals surface area contributed by atoms with Crippen LogP contribution in [0.1, 0.15) is 42.5 Å². The molecule has 1 saturated heterocycles. The lowest BCUT2D eigenvalue weighted by molar-refractivity contribution is 0.248. The van der Waals surface area contributed by atoms with Gasteiger partial charge in [0.05, 0.1) is 12.8 Å². The molecule has 3 atom stereocenters. The Morgan fingerprint density at radius 2 is 1.93 bits per heavy atom. The Labute approximate surface area is 181 Å². The van der Waals surface area contributed by atoms with E-state index >= 15 is 0 Å². The Balaban J connectivity index is 1.63. The lowest BCUT2D eigenvalue weighted by atomic mass is 9.99. The third-order valence-corrected chi connectivity index (χ3v) is 7.20. The lowest BCUT2D eigenvalue weighted by Crippen LogP contribution is -2.36. The predicted molar refractivity (Wildman–Crippen MR) is 123 cm³/mol. The Bertz CT molecular complexity index is 1060. The van der Waals surface area contributed by atoms with Crippen molar-refractivity contribution in [3.63, 3.8) is 0 Å². The van der Waals surface area contributed by atoms with Gasteiger partial charge in [0.15, 0.2) is 5.17 Å². The van der Waals surface area contributed by atoms with Gasteiger partial charge in [0.1, 0.15) is 17.8 Å². The summed E-state index contributed by atoms with van der Waals surface area (Å²) in [4.78, 5) is 12.4. The fourth-order valence-corrected chi connectivity index (χ4v) is 5.88. The minimum absolute atomic E-state index is 0.00523. The first-order valence-corrected chi connectivity index (χ1v) is 11.4. The third kappa shape index (κ3) is 3.10. The molecule has 0 N–H and O–H groups in total. The number of nitrogens with zero attached hydrogens (tertiary/aromatic N) is 4. The summed E-state index contributed by atoms with van der Waals surface area (Å²) in [6, 6.07) is 19.5. The molecule has 0 amide bonds. The van der Waals surface area contributed by atoms with Crippen molar-refractivity contribution < 1.29 is 4.74 Å². The summed E-state index contributed by atoms with van der Waals surface area (Å²) in [7, 11) is 1.70. The van der Waals surface area contributed by atoms with Gasteiger partial charge in [-0.15, -0.1) is 0 Å². The topological polar surface area (TPSA) is 42.6 Å². The van der Waals surface area contributed by atoms with E-state index in [1.165, 1.54) is 11.4 Å². The molecule has 154 valence electrons. The van der Waals surface area contributed by atoms with Crippen molar-refractivity contribution in [2.45, 2.75) is 38.4 Å². The van der Waals surface area contributed by atoms with E-state index in [1.807, 2.05) is 36.2 Å². The van der Waals surface area contributed by atoms with Crippen molar-refractivity contribution in [3.8, 4) is 11.4 Å². The molecule has 0 saturated carbocycles. The average Bonchev–Trinajstić information content (AvgIpc) is 3.47. The van der Waals surface area contributed by atoms with Gasteiger partial charge in [-0.2, -0.15) is 0 Å². The number of methoxy groups -OCH3 is 1. The second-order valence-corrected chi connectivity index (χ2v) is 8.76. The molecule has 0 spiro atoms. The van der Waals surface area contributed by atoms with Crippen LogP contribution in [0.15, 0.2) is 65.8 Å².